The summed E-state index contributed by atoms with van der Waals surface area (Å²) in [7, 11) is 0. The summed E-state index contributed by atoms with van der Waals surface area (Å²) in [4.78, 5) is 34.7. The van der Waals surface area contributed by atoms with E-state index < -0.39 is 48.6 Å². The summed E-state index contributed by atoms with van der Waals surface area (Å²) in [5.74, 6) is -3.08. The number of carboxylic acids is 1. The van der Waals surface area contributed by atoms with Crippen molar-refractivity contribution in [1.29, 1.82) is 0 Å². The van der Waals surface area contributed by atoms with Crippen LogP contribution in [0.5, 0.6) is 0 Å². The first kappa shape index (κ1) is 20.3. The van der Waals surface area contributed by atoms with Crippen molar-refractivity contribution in [2.75, 3.05) is 6.61 Å². The molecule has 9 heteroatoms. The van der Waals surface area contributed by atoms with Crippen molar-refractivity contribution in [2.45, 2.75) is 51.4 Å². The van der Waals surface area contributed by atoms with Crippen molar-refractivity contribution in [3.05, 3.63) is 0 Å². The second-order valence-corrected chi connectivity index (χ2v) is 5.22. The average Bonchev–Trinajstić information content (AvgIpc) is 2.47. The van der Waals surface area contributed by atoms with E-state index in [0.29, 0.717) is 6.42 Å². The van der Waals surface area contributed by atoms with Gasteiger partial charge in [-0.2, -0.15) is 0 Å². The van der Waals surface area contributed by atoms with E-state index in [-0.39, 0.29) is 5.92 Å². The van der Waals surface area contributed by atoms with Crippen LogP contribution in [0, 0.1) is 5.92 Å². The first-order chi connectivity index (χ1) is 10.1. The van der Waals surface area contributed by atoms with E-state index in [4.69, 9.17) is 10.8 Å². The summed E-state index contributed by atoms with van der Waals surface area (Å²) in [6, 6.07) is -3.73. The Labute approximate surface area is 128 Å². The molecule has 0 aliphatic carbocycles. The van der Waals surface area contributed by atoms with Crippen LogP contribution in [0.1, 0.15) is 27.2 Å². The molecule has 0 bridgehead atoms. The maximum Gasteiger partial charge on any atom is 0.328 e. The molecule has 0 radical (unpaired) electrons. The number of hydrogen-bond donors (Lipinski definition) is 6. The Kier molecular flexibility index (Phi) is 8.61. The first-order valence-corrected chi connectivity index (χ1v) is 7.03. The maximum absolute atomic E-state index is 11.9. The van der Waals surface area contributed by atoms with Gasteiger partial charge in [-0.3, -0.25) is 9.59 Å². The van der Waals surface area contributed by atoms with Crippen LogP contribution >= 0.6 is 0 Å². The molecule has 128 valence electrons. The fraction of sp³-hybridized carbons (Fsp3) is 0.769. The van der Waals surface area contributed by atoms with E-state index in [1.54, 1.807) is 6.92 Å². The van der Waals surface area contributed by atoms with Crippen LogP contribution in [0.25, 0.3) is 0 Å². The number of amides is 2. The number of carbonyl (C=O) groups is 3. The minimum absolute atomic E-state index is 0.119. The topological polar surface area (TPSA) is 162 Å². The minimum atomic E-state index is -1.54. The number of carboxylic acid groups (broad SMARTS) is 1. The van der Waals surface area contributed by atoms with E-state index in [0.717, 1.165) is 0 Å². The number of nitrogens with one attached hydrogen (secondary N) is 2. The molecule has 5 atom stereocenters. The summed E-state index contributed by atoms with van der Waals surface area (Å²) < 4.78 is 0. The molecule has 2 amide bonds. The summed E-state index contributed by atoms with van der Waals surface area (Å²) in [5, 5.41) is 31.7. The highest BCUT2D eigenvalue weighted by atomic mass is 16.4. The highest BCUT2D eigenvalue weighted by molar-refractivity contribution is 5.92. The molecule has 7 N–H and O–H groups in total. The van der Waals surface area contributed by atoms with Crippen LogP contribution in [0.3, 0.4) is 0 Å². The molecule has 0 saturated carbocycles. The zero-order chi connectivity index (χ0) is 17.4. The summed E-state index contributed by atoms with van der Waals surface area (Å²) in [6.07, 6.45) is -0.674. The predicted molar refractivity (Wildman–Crippen MR) is 77.7 cm³/mol. The highest BCUT2D eigenvalue weighted by Gasteiger charge is 2.30. The third-order valence-corrected chi connectivity index (χ3v) is 3.42. The Bertz CT molecular complexity index is 401. The van der Waals surface area contributed by atoms with Crippen molar-refractivity contribution in [1.82, 2.24) is 10.6 Å². The van der Waals surface area contributed by atoms with Crippen LogP contribution < -0.4 is 16.4 Å². The minimum Gasteiger partial charge on any atom is -0.480 e. The number of nitrogens with two attached hydrogens (primary N) is 1. The highest BCUT2D eigenvalue weighted by Crippen LogP contribution is 2.05. The van der Waals surface area contributed by atoms with Gasteiger partial charge in [0.05, 0.1) is 18.8 Å². The number of hydrogen-bond acceptors (Lipinski definition) is 6. The Morgan fingerprint density at radius 1 is 1.14 bits per heavy atom. The SMILES string of the molecule is CC[C@H](C)[C@H](N)C(=O)N[C@@H](CO)C(=O)N[C@H](C(=O)O)[C@@H](C)O. The third kappa shape index (κ3) is 5.96. The molecule has 0 saturated heterocycles. The van der Waals surface area contributed by atoms with Crippen LogP contribution in [0.15, 0.2) is 0 Å². The molecule has 22 heavy (non-hydrogen) atoms. The van der Waals surface area contributed by atoms with Gasteiger partial charge < -0.3 is 31.7 Å². The Balaban J connectivity index is 4.79. The molecule has 0 unspecified atom stereocenters. The molecule has 0 fully saturated rings. The third-order valence-electron chi connectivity index (χ3n) is 3.42. The second kappa shape index (κ2) is 9.34. The van der Waals surface area contributed by atoms with Gasteiger partial charge in [0, 0.05) is 0 Å². The molecule has 9 nitrogen and oxygen atoms in total. The first-order valence-electron chi connectivity index (χ1n) is 7.03. The Hall–Kier alpha value is -1.71. The van der Waals surface area contributed by atoms with Crippen LogP contribution in [0.2, 0.25) is 0 Å². The summed E-state index contributed by atoms with van der Waals surface area (Å²) in [6.45, 7) is 4.10. The zero-order valence-corrected chi connectivity index (χ0v) is 12.9. The van der Waals surface area contributed by atoms with Gasteiger partial charge in [-0.1, -0.05) is 20.3 Å². The van der Waals surface area contributed by atoms with E-state index >= 15 is 0 Å². The van der Waals surface area contributed by atoms with Crippen molar-refractivity contribution in [3.8, 4) is 0 Å². The number of aliphatic carboxylic acids is 1. The molecule has 0 heterocycles. The van der Waals surface area contributed by atoms with E-state index in [9.17, 15) is 24.6 Å². The number of aliphatic hydroxyl groups excluding tert-OH is 2. The Morgan fingerprint density at radius 3 is 2.05 bits per heavy atom. The van der Waals surface area contributed by atoms with Crippen LogP contribution in [-0.4, -0.2) is 63.9 Å². The predicted octanol–water partition coefficient (Wildman–Crippen LogP) is -2.21. The van der Waals surface area contributed by atoms with Crippen molar-refractivity contribution in [2.24, 2.45) is 11.7 Å². The van der Waals surface area contributed by atoms with Gasteiger partial charge >= 0.3 is 5.97 Å². The largest absolute Gasteiger partial charge is 0.480 e. The van der Waals surface area contributed by atoms with Gasteiger partial charge in [0.1, 0.15) is 6.04 Å². The summed E-state index contributed by atoms with van der Waals surface area (Å²) in [5.41, 5.74) is 5.71. The van der Waals surface area contributed by atoms with E-state index in [1.165, 1.54) is 6.92 Å². The lowest BCUT2D eigenvalue weighted by atomic mass is 9.99. The number of carbonyl (C=O) groups excluding carboxylic acids is 2. The van der Waals surface area contributed by atoms with E-state index in [1.807, 2.05) is 6.92 Å². The normalized spacial score (nSPS) is 17.7. The molecule has 0 aliphatic rings. The lowest BCUT2D eigenvalue weighted by Crippen LogP contribution is -2.58. The number of aliphatic hydroxyl groups is 2. The molecule has 0 spiro atoms. The van der Waals surface area contributed by atoms with Gasteiger partial charge in [0.15, 0.2) is 6.04 Å². The number of rotatable bonds is 9. The standard InChI is InChI=1S/C13H25N3O6/c1-4-6(2)9(14)12(20)15-8(5-17)11(19)16-10(7(3)18)13(21)22/h6-10,17-18H,4-5,14H2,1-3H3,(H,15,20)(H,16,19)(H,21,22)/t6-,7+,8-,9-,10-/m0/s1. The van der Waals surface area contributed by atoms with Crippen LogP contribution in [-0.2, 0) is 14.4 Å². The molecule has 0 rings (SSSR count). The second-order valence-electron chi connectivity index (χ2n) is 5.22. The Morgan fingerprint density at radius 2 is 1.68 bits per heavy atom. The van der Waals surface area contributed by atoms with Gasteiger partial charge in [-0.05, 0) is 12.8 Å². The average molecular weight is 319 g/mol. The van der Waals surface area contributed by atoms with Gasteiger partial charge in [0.25, 0.3) is 0 Å². The monoisotopic (exact) mass is 319 g/mol. The molecule has 0 aromatic heterocycles. The van der Waals surface area contributed by atoms with Crippen molar-refractivity contribution < 1.29 is 29.7 Å². The fourth-order valence-corrected chi connectivity index (χ4v) is 1.62. The molecular formula is C13H25N3O6. The van der Waals surface area contributed by atoms with Gasteiger partial charge in [0.2, 0.25) is 11.8 Å². The lowest BCUT2D eigenvalue weighted by molar-refractivity contribution is -0.145. The fourth-order valence-electron chi connectivity index (χ4n) is 1.62. The molecule has 0 aromatic carbocycles. The smallest absolute Gasteiger partial charge is 0.328 e. The van der Waals surface area contributed by atoms with Crippen molar-refractivity contribution in [3.63, 3.8) is 0 Å². The molecular weight excluding hydrogens is 294 g/mol. The van der Waals surface area contributed by atoms with Gasteiger partial charge in [-0.15, -0.1) is 0 Å². The molecule has 0 aliphatic heterocycles. The van der Waals surface area contributed by atoms with Crippen LogP contribution in [0.4, 0.5) is 0 Å². The zero-order valence-electron chi connectivity index (χ0n) is 12.9. The quantitative estimate of drug-likeness (QED) is 0.280. The summed E-state index contributed by atoms with van der Waals surface area (Å²) >= 11 is 0. The maximum atomic E-state index is 11.9. The van der Waals surface area contributed by atoms with Crippen molar-refractivity contribution >= 4 is 17.8 Å². The van der Waals surface area contributed by atoms with Gasteiger partial charge in [-0.25, -0.2) is 4.79 Å². The molecule has 0 aromatic rings. The van der Waals surface area contributed by atoms with E-state index in [2.05, 4.69) is 10.6 Å². The lowest BCUT2D eigenvalue weighted by Gasteiger charge is -2.24.